The summed E-state index contributed by atoms with van der Waals surface area (Å²) in [6.45, 7) is 0.864. The first kappa shape index (κ1) is 14.2. The SMILES string of the molecule is C#CCOc1ccc(CNc2ccc(F)c(Cl)c2)cc1. The van der Waals surface area contributed by atoms with E-state index in [-0.39, 0.29) is 11.6 Å². The van der Waals surface area contributed by atoms with Crippen molar-refractivity contribution in [1.29, 1.82) is 0 Å². The summed E-state index contributed by atoms with van der Waals surface area (Å²) in [5.41, 5.74) is 1.84. The van der Waals surface area contributed by atoms with Crippen molar-refractivity contribution in [2.75, 3.05) is 11.9 Å². The number of nitrogens with one attached hydrogen (secondary N) is 1. The van der Waals surface area contributed by atoms with Gasteiger partial charge in [0.25, 0.3) is 0 Å². The second-order valence-corrected chi connectivity index (χ2v) is 4.53. The van der Waals surface area contributed by atoms with Gasteiger partial charge < -0.3 is 10.1 Å². The van der Waals surface area contributed by atoms with Crippen LogP contribution in [-0.4, -0.2) is 6.61 Å². The molecular formula is C16H13ClFNO. The van der Waals surface area contributed by atoms with Gasteiger partial charge in [-0.25, -0.2) is 4.39 Å². The summed E-state index contributed by atoms with van der Waals surface area (Å²) < 4.78 is 18.3. The maximum absolute atomic E-state index is 13.0. The van der Waals surface area contributed by atoms with Gasteiger partial charge in [-0.15, -0.1) is 6.42 Å². The van der Waals surface area contributed by atoms with E-state index >= 15 is 0 Å². The highest BCUT2D eigenvalue weighted by Crippen LogP contribution is 2.20. The molecule has 0 spiro atoms. The van der Waals surface area contributed by atoms with Gasteiger partial charge in [0.15, 0.2) is 0 Å². The fourth-order valence-corrected chi connectivity index (χ4v) is 1.82. The Balaban J connectivity index is 1.93. The number of halogens is 2. The third kappa shape index (κ3) is 3.91. The van der Waals surface area contributed by atoms with Crippen molar-refractivity contribution in [2.45, 2.75) is 6.54 Å². The third-order valence-corrected chi connectivity index (χ3v) is 2.95. The number of terminal acetylenes is 1. The van der Waals surface area contributed by atoms with Crippen LogP contribution in [0.2, 0.25) is 5.02 Å². The zero-order chi connectivity index (χ0) is 14.4. The summed E-state index contributed by atoms with van der Waals surface area (Å²) in [6.07, 6.45) is 5.12. The third-order valence-electron chi connectivity index (χ3n) is 2.66. The van der Waals surface area contributed by atoms with Gasteiger partial charge >= 0.3 is 0 Å². The molecular weight excluding hydrogens is 277 g/mol. The molecule has 0 unspecified atom stereocenters. The Bertz CT molecular complexity index is 619. The minimum absolute atomic E-state index is 0.105. The molecule has 0 fully saturated rings. The van der Waals surface area contributed by atoms with Gasteiger partial charge in [-0.3, -0.25) is 0 Å². The lowest BCUT2D eigenvalue weighted by Crippen LogP contribution is -2.00. The predicted octanol–water partition coefficient (Wildman–Crippen LogP) is 4.10. The van der Waals surface area contributed by atoms with Crippen LogP contribution in [0.3, 0.4) is 0 Å². The Morgan fingerprint density at radius 1 is 1.20 bits per heavy atom. The molecule has 0 atom stereocenters. The fraction of sp³-hybridized carbons (Fsp3) is 0.125. The maximum Gasteiger partial charge on any atom is 0.148 e. The van der Waals surface area contributed by atoms with E-state index in [1.165, 1.54) is 6.07 Å². The van der Waals surface area contributed by atoms with E-state index in [1.807, 2.05) is 24.3 Å². The van der Waals surface area contributed by atoms with E-state index in [1.54, 1.807) is 12.1 Å². The van der Waals surface area contributed by atoms with E-state index in [9.17, 15) is 4.39 Å². The Morgan fingerprint density at radius 3 is 2.60 bits per heavy atom. The van der Waals surface area contributed by atoms with Crippen LogP contribution in [0, 0.1) is 18.2 Å². The average Bonchev–Trinajstić information content (AvgIpc) is 2.47. The Hall–Kier alpha value is -2.18. The Morgan fingerprint density at radius 2 is 1.95 bits per heavy atom. The Kier molecular flexibility index (Phi) is 4.86. The Labute approximate surface area is 122 Å². The monoisotopic (exact) mass is 289 g/mol. The van der Waals surface area contributed by atoms with Crippen LogP contribution < -0.4 is 10.1 Å². The van der Waals surface area contributed by atoms with E-state index in [4.69, 9.17) is 22.8 Å². The summed E-state index contributed by atoms with van der Waals surface area (Å²) in [7, 11) is 0. The summed E-state index contributed by atoms with van der Waals surface area (Å²) in [5.74, 6) is 2.72. The van der Waals surface area contributed by atoms with E-state index < -0.39 is 5.82 Å². The van der Waals surface area contributed by atoms with Gasteiger partial charge in [0.2, 0.25) is 0 Å². The highest BCUT2D eigenvalue weighted by molar-refractivity contribution is 6.31. The molecule has 2 rings (SSSR count). The maximum atomic E-state index is 13.0. The molecule has 0 aliphatic heterocycles. The fourth-order valence-electron chi connectivity index (χ4n) is 1.64. The van der Waals surface area contributed by atoms with Crippen molar-refractivity contribution in [1.82, 2.24) is 0 Å². The number of rotatable bonds is 5. The van der Waals surface area contributed by atoms with Crippen molar-refractivity contribution in [3.05, 3.63) is 58.9 Å². The topological polar surface area (TPSA) is 21.3 Å². The lowest BCUT2D eigenvalue weighted by atomic mass is 10.2. The molecule has 0 aliphatic carbocycles. The highest BCUT2D eigenvalue weighted by atomic mass is 35.5. The molecule has 2 aromatic carbocycles. The van der Waals surface area contributed by atoms with Crippen LogP contribution in [0.5, 0.6) is 5.75 Å². The molecule has 0 radical (unpaired) electrons. The molecule has 20 heavy (non-hydrogen) atoms. The number of ether oxygens (including phenoxy) is 1. The molecule has 0 saturated heterocycles. The normalized spacial score (nSPS) is 9.85. The number of benzene rings is 2. The zero-order valence-electron chi connectivity index (χ0n) is 10.7. The van der Waals surface area contributed by atoms with Crippen LogP contribution in [0.4, 0.5) is 10.1 Å². The number of hydrogen-bond acceptors (Lipinski definition) is 2. The second-order valence-electron chi connectivity index (χ2n) is 4.12. The molecule has 0 saturated carbocycles. The molecule has 0 aromatic heterocycles. The lowest BCUT2D eigenvalue weighted by Gasteiger charge is -2.08. The molecule has 2 nitrogen and oxygen atoms in total. The van der Waals surface area contributed by atoms with E-state index in [2.05, 4.69) is 11.2 Å². The largest absolute Gasteiger partial charge is 0.481 e. The van der Waals surface area contributed by atoms with Gasteiger partial charge in [-0.1, -0.05) is 29.7 Å². The van der Waals surface area contributed by atoms with Crippen LogP contribution in [0.15, 0.2) is 42.5 Å². The minimum atomic E-state index is -0.424. The van der Waals surface area contributed by atoms with E-state index in [0.717, 1.165) is 17.0 Å². The van der Waals surface area contributed by atoms with Crippen molar-refractivity contribution < 1.29 is 9.13 Å². The molecule has 4 heteroatoms. The smallest absolute Gasteiger partial charge is 0.148 e. The molecule has 102 valence electrons. The van der Waals surface area contributed by atoms with Crippen molar-refractivity contribution in [2.24, 2.45) is 0 Å². The molecule has 1 N–H and O–H groups in total. The number of hydrogen-bond donors (Lipinski definition) is 1. The first-order valence-electron chi connectivity index (χ1n) is 6.03. The molecule has 0 bridgehead atoms. The summed E-state index contributed by atoms with van der Waals surface area (Å²) in [6, 6.07) is 12.1. The van der Waals surface area contributed by atoms with Crippen molar-refractivity contribution in [3.8, 4) is 18.1 Å². The molecule has 0 amide bonds. The summed E-state index contributed by atoms with van der Waals surface area (Å²) in [5, 5.41) is 3.27. The van der Waals surface area contributed by atoms with Crippen LogP contribution in [0.25, 0.3) is 0 Å². The van der Waals surface area contributed by atoms with Crippen LogP contribution in [0.1, 0.15) is 5.56 Å². The first-order chi connectivity index (χ1) is 9.69. The van der Waals surface area contributed by atoms with Crippen molar-refractivity contribution in [3.63, 3.8) is 0 Å². The second kappa shape index (κ2) is 6.83. The molecule has 0 heterocycles. The average molecular weight is 290 g/mol. The summed E-state index contributed by atoms with van der Waals surface area (Å²) in [4.78, 5) is 0. The highest BCUT2D eigenvalue weighted by Gasteiger charge is 2.01. The molecule has 2 aromatic rings. The number of anilines is 1. The van der Waals surface area contributed by atoms with Gasteiger partial charge in [0.1, 0.15) is 18.2 Å². The standard InChI is InChI=1S/C16H13ClFNO/c1-2-9-20-14-6-3-12(4-7-14)11-19-13-5-8-16(18)15(17)10-13/h1,3-8,10,19H,9,11H2. The summed E-state index contributed by atoms with van der Waals surface area (Å²) >= 11 is 5.72. The zero-order valence-corrected chi connectivity index (χ0v) is 11.5. The van der Waals surface area contributed by atoms with Gasteiger partial charge in [-0.2, -0.15) is 0 Å². The van der Waals surface area contributed by atoms with E-state index in [0.29, 0.717) is 6.54 Å². The van der Waals surface area contributed by atoms with Gasteiger partial charge in [0, 0.05) is 12.2 Å². The van der Waals surface area contributed by atoms with Gasteiger partial charge in [-0.05, 0) is 35.9 Å². The van der Waals surface area contributed by atoms with Crippen molar-refractivity contribution >= 4 is 17.3 Å². The predicted molar refractivity (Wildman–Crippen MR) is 79.5 cm³/mol. The first-order valence-corrected chi connectivity index (χ1v) is 6.41. The van der Waals surface area contributed by atoms with Crippen LogP contribution in [-0.2, 0) is 6.54 Å². The van der Waals surface area contributed by atoms with Gasteiger partial charge in [0.05, 0.1) is 5.02 Å². The lowest BCUT2D eigenvalue weighted by molar-refractivity contribution is 0.370. The van der Waals surface area contributed by atoms with Crippen LogP contribution >= 0.6 is 11.6 Å². The quantitative estimate of drug-likeness (QED) is 0.837. The molecule has 0 aliphatic rings. The minimum Gasteiger partial charge on any atom is -0.481 e.